The highest BCUT2D eigenvalue weighted by atomic mass is 16.6. The molecular weight excluding hydrogens is 294 g/mol. The summed E-state index contributed by atoms with van der Waals surface area (Å²) in [6, 6.07) is 2.53. The molecule has 1 aromatic heterocycles. The van der Waals surface area contributed by atoms with Gasteiger partial charge in [0.05, 0.1) is 5.39 Å². The van der Waals surface area contributed by atoms with Crippen molar-refractivity contribution in [3.8, 4) is 11.5 Å². The number of esters is 2. The van der Waals surface area contributed by atoms with Crippen LogP contribution < -0.4 is 20.6 Å². The smallest absolute Gasteiger partial charge is 0.308 e. The highest BCUT2D eigenvalue weighted by molar-refractivity contribution is 5.97. The van der Waals surface area contributed by atoms with Crippen molar-refractivity contribution in [1.82, 2.24) is 0 Å². The van der Waals surface area contributed by atoms with Crippen LogP contribution in [0.1, 0.15) is 24.2 Å². The molecule has 2 N–H and O–H groups in total. The maximum atomic E-state index is 12.1. The molecule has 0 saturated carbocycles. The van der Waals surface area contributed by atoms with Crippen molar-refractivity contribution < 1.29 is 28.3 Å². The van der Waals surface area contributed by atoms with E-state index in [9.17, 15) is 19.2 Å². The van der Waals surface area contributed by atoms with E-state index in [4.69, 9.17) is 19.6 Å². The second-order valence-corrected chi connectivity index (χ2v) is 4.30. The van der Waals surface area contributed by atoms with E-state index in [0.717, 1.165) is 20.1 Å². The van der Waals surface area contributed by atoms with Crippen LogP contribution in [0.5, 0.6) is 11.5 Å². The normalized spacial score (nSPS) is 10.3. The van der Waals surface area contributed by atoms with Gasteiger partial charge in [0.2, 0.25) is 11.2 Å². The third kappa shape index (κ3) is 2.80. The summed E-state index contributed by atoms with van der Waals surface area (Å²) < 4.78 is 15.0. The number of nitrogens with two attached hydrogens (primary N) is 1. The Hall–Kier alpha value is -3.16. The number of carbonyl (C=O) groups excluding carboxylic acids is 3. The molecule has 0 fully saturated rings. The molecule has 0 aliphatic heterocycles. The predicted molar refractivity (Wildman–Crippen MR) is 73.6 cm³/mol. The van der Waals surface area contributed by atoms with Gasteiger partial charge in [0.25, 0.3) is 5.91 Å². The summed E-state index contributed by atoms with van der Waals surface area (Å²) >= 11 is 0. The van der Waals surface area contributed by atoms with Gasteiger partial charge in [-0.15, -0.1) is 0 Å². The topological polar surface area (TPSA) is 126 Å². The molecule has 2 aromatic rings. The number of ether oxygens (including phenoxy) is 2. The zero-order valence-corrected chi connectivity index (χ0v) is 11.7. The molecule has 8 heteroatoms. The van der Waals surface area contributed by atoms with Crippen molar-refractivity contribution in [2.75, 3.05) is 0 Å². The summed E-state index contributed by atoms with van der Waals surface area (Å²) in [5, 5.41) is -0.0385. The van der Waals surface area contributed by atoms with Gasteiger partial charge in [-0.1, -0.05) is 0 Å². The minimum absolute atomic E-state index is 0.0385. The van der Waals surface area contributed by atoms with Crippen LogP contribution in [-0.2, 0) is 9.59 Å². The van der Waals surface area contributed by atoms with Gasteiger partial charge < -0.3 is 19.6 Å². The number of amides is 1. The van der Waals surface area contributed by atoms with Gasteiger partial charge in [0, 0.05) is 13.8 Å². The molecule has 0 bridgehead atoms. The van der Waals surface area contributed by atoms with Crippen LogP contribution in [0.25, 0.3) is 11.0 Å². The minimum atomic E-state index is -0.950. The van der Waals surface area contributed by atoms with Crippen LogP contribution in [0.3, 0.4) is 0 Å². The lowest BCUT2D eigenvalue weighted by atomic mass is 10.1. The van der Waals surface area contributed by atoms with Crippen LogP contribution in [0, 0.1) is 0 Å². The van der Waals surface area contributed by atoms with Crippen molar-refractivity contribution in [2.45, 2.75) is 13.8 Å². The monoisotopic (exact) mass is 305 g/mol. The summed E-state index contributed by atoms with van der Waals surface area (Å²) in [6.07, 6.45) is 0.859. The van der Waals surface area contributed by atoms with Gasteiger partial charge >= 0.3 is 11.9 Å². The van der Waals surface area contributed by atoms with Gasteiger partial charge in [-0.3, -0.25) is 19.2 Å². The molecule has 114 valence electrons. The third-order valence-electron chi connectivity index (χ3n) is 2.62. The Morgan fingerprint density at radius 1 is 1.09 bits per heavy atom. The van der Waals surface area contributed by atoms with Gasteiger partial charge in [-0.2, -0.15) is 0 Å². The molecule has 0 atom stereocenters. The standard InChI is InChI=1S/C14H11NO7/c1-6(16)21-10-4-3-8-11(18)9(14(15)19)5-20-12(8)13(10)22-7(2)17/h3-5H,1-2H3,(H2,15,19). The molecule has 22 heavy (non-hydrogen) atoms. The number of benzene rings is 1. The fourth-order valence-electron chi connectivity index (χ4n) is 1.80. The van der Waals surface area contributed by atoms with E-state index in [1.807, 2.05) is 0 Å². The quantitative estimate of drug-likeness (QED) is 0.654. The number of hydrogen-bond donors (Lipinski definition) is 1. The first-order valence-electron chi connectivity index (χ1n) is 6.06. The van der Waals surface area contributed by atoms with Crippen molar-refractivity contribution in [3.05, 3.63) is 34.2 Å². The summed E-state index contributed by atoms with van der Waals surface area (Å²) in [4.78, 5) is 45.6. The van der Waals surface area contributed by atoms with Crippen molar-refractivity contribution in [2.24, 2.45) is 5.73 Å². The zero-order chi connectivity index (χ0) is 16.4. The molecule has 0 saturated heterocycles. The molecule has 1 heterocycles. The summed E-state index contributed by atoms with van der Waals surface area (Å²) in [5.41, 5.74) is 3.90. The van der Waals surface area contributed by atoms with Crippen molar-refractivity contribution in [3.63, 3.8) is 0 Å². The summed E-state index contributed by atoms with van der Waals surface area (Å²) in [7, 11) is 0. The highest BCUT2D eigenvalue weighted by Gasteiger charge is 2.20. The molecule has 0 radical (unpaired) electrons. The molecular formula is C14H11NO7. The van der Waals surface area contributed by atoms with Gasteiger partial charge in [0.15, 0.2) is 11.3 Å². The zero-order valence-electron chi connectivity index (χ0n) is 11.7. The number of fused-ring (bicyclic) bond motifs is 1. The number of carbonyl (C=O) groups is 3. The number of rotatable bonds is 3. The first-order valence-corrected chi connectivity index (χ1v) is 6.06. The van der Waals surface area contributed by atoms with E-state index in [1.54, 1.807) is 0 Å². The fraction of sp³-hybridized carbons (Fsp3) is 0.143. The van der Waals surface area contributed by atoms with Crippen molar-refractivity contribution in [1.29, 1.82) is 0 Å². The van der Waals surface area contributed by atoms with E-state index >= 15 is 0 Å². The first kappa shape index (κ1) is 15.2. The molecule has 0 spiro atoms. The lowest BCUT2D eigenvalue weighted by molar-refractivity contribution is -0.134. The fourth-order valence-corrected chi connectivity index (χ4v) is 1.80. The maximum absolute atomic E-state index is 12.1. The lowest BCUT2D eigenvalue weighted by Gasteiger charge is -2.10. The lowest BCUT2D eigenvalue weighted by Crippen LogP contribution is -2.21. The summed E-state index contributed by atoms with van der Waals surface area (Å²) in [5.74, 6) is -2.63. The Bertz CT molecular complexity index is 850. The average Bonchev–Trinajstić information content (AvgIpc) is 2.40. The van der Waals surface area contributed by atoms with Crippen molar-refractivity contribution >= 4 is 28.8 Å². The molecule has 1 aromatic carbocycles. The Morgan fingerprint density at radius 2 is 1.73 bits per heavy atom. The molecule has 8 nitrogen and oxygen atoms in total. The molecule has 1 amide bonds. The van der Waals surface area contributed by atoms with Crippen LogP contribution in [0.15, 0.2) is 27.6 Å². The predicted octanol–water partition coefficient (Wildman–Crippen LogP) is 0.743. The van der Waals surface area contributed by atoms with Crippen LogP contribution in [0.2, 0.25) is 0 Å². The molecule has 0 unspecified atom stereocenters. The number of hydrogen-bond acceptors (Lipinski definition) is 7. The SMILES string of the molecule is CC(=O)Oc1ccc2c(=O)c(C(N)=O)coc2c1OC(C)=O. The van der Waals surface area contributed by atoms with Gasteiger partial charge in [-0.25, -0.2) is 0 Å². The first-order chi connectivity index (χ1) is 10.3. The van der Waals surface area contributed by atoms with E-state index in [2.05, 4.69) is 0 Å². The maximum Gasteiger partial charge on any atom is 0.308 e. The Labute approximate surface area is 123 Å². The average molecular weight is 305 g/mol. The third-order valence-corrected chi connectivity index (χ3v) is 2.62. The van der Waals surface area contributed by atoms with E-state index in [0.29, 0.717) is 0 Å². The molecule has 0 aliphatic rings. The van der Waals surface area contributed by atoms with E-state index in [1.165, 1.54) is 12.1 Å². The number of primary amides is 1. The van der Waals surface area contributed by atoms with Crippen LogP contribution in [-0.4, -0.2) is 17.8 Å². The highest BCUT2D eigenvalue weighted by Crippen LogP contribution is 2.35. The largest absolute Gasteiger partial charge is 0.459 e. The molecule has 0 aliphatic carbocycles. The molecule has 2 rings (SSSR count). The van der Waals surface area contributed by atoms with Crippen LogP contribution in [0.4, 0.5) is 0 Å². The van der Waals surface area contributed by atoms with E-state index < -0.39 is 23.3 Å². The minimum Gasteiger partial charge on any atom is -0.459 e. The Morgan fingerprint density at radius 3 is 2.27 bits per heavy atom. The second kappa shape index (κ2) is 5.68. The van der Waals surface area contributed by atoms with Gasteiger partial charge in [0.1, 0.15) is 11.8 Å². The Kier molecular flexibility index (Phi) is 3.93. The van der Waals surface area contributed by atoms with Gasteiger partial charge in [-0.05, 0) is 12.1 Å². The summed E-state index contributed by atoms with van der Waals surface area (Å²) in [6.45, 7) is 2.29. The van der Waals surface area contributed by atoms with Crippen LogP contribution >= 0.6 is 0 Å². The second-order valence-electron chi connectivity index (χ2n) is 4.30. The Balaban J connectivity index is 2.78. The van der Waals surface area contributed by atoms with E-state index in [-0.39, 0.29) is 28.0 Å².